The predicted molar refractivity (Wildman–Crippen MR) is 95.5 cm³/mol. The fourth-order valence-corrected chi connectivity index (χ4v) is 2.84. The summed E-state index contributed by atoms with van der Waals surface area (Å²) in [4.78, 5) is 1.26. The average molecular weight is 366 g/mol. The van der Waals surface area contributed by atoms with Gasteiger partial charge in [-0.1, -0.05) is 28.9 Å². The zero-order chi connectivity index (χ0) is 15.1. The summed E-state index contributed by atoms with van der Waals surface area (Å²) >= 11 is 5.28. The summed E-state index contributed by atoms with van der Waals surface area (Å²) in [6, 6.07) is 14.6. The molecule has 0 saturated heterocycles. The Labute approximate surface area is 139 Å². The Hall–Kier alpha value is -1.13. The van der Waals surface area contributed by atoms with Gasteiger partial charge in [-0.05, 0) is 49.1 Å². The molecule has 0 aliphatic rings. The predicted octanol–water partition coefficient (Wildman–Crippen LogP) is 5.57. The van der Waals surface area contributed by atoms with Crippen LogP contribution in [0.15, 0.2) is 51.8 Å². The first-order valence-corrected chi connectivity index (χ1v) is 9.04. The molecule has 0 fully saturated rings. The van der Waals surface area contributed by atoms with E-state index in [0.717, 1.165) is 41.0 Å². The van der Waals surface area contributed by atoms with E-state index in [4.69, 9.17) is 4.74 Å². The van der Waals surface area contributed by atoms with Crippen LogP contribution in [0.3, 0.4) is 0 Å². The first kappa shape index (κ1) is 16.2. The minimum Gasteiger partial charge on any atom is -0.493 e. The number of ether oxygens (including phenoxy) is 1. The van der Waals surface area contributed by atoms with E-state index in [0.29, 0.717) is 0 Å². The maximum atomic E-state index is 5.81. The molecule has 2 aromatic carbocycles. The Bertz CT molecular complexity index is 589. The lowest BCUT2D eigenvalue weighted by Crippen LogP contribution is -2.04. The van der Waals surface area contributed by atoms with Crippen molar-refractivity contribution in [3.05, 3.63) is 52.5 Å². The summed E-state index contributed by atoms with van der Waals surface area (Å²) in [6.07, 6.45) is 3.10. The number of thioether (sulfide) groups is 1. The molecular formula is C17H20BrNOS. The standard InChI is InChI=1S/C17H20BrNOS/c1-3-9-20-17-8-7-14(18)10-13(17)12-19-15-5-4-6-16(11-15)21-2/h4-8,10-11,19H,3,9,12H2,1-2H3. The summed E-state index contributed by atoms with van der Waals surface area (Å²) < 4.78 is 6.88. The summed E-state index contributed by atoms with van der Waals surface area (Å²) in [5, 5.41) is 3.47. The van der Waals surface area contributed by atoms with Crippen molar-refractivity contribution in [1.82, 2.24) is 0 Å². The maximum absolute atomic E-state index is 5.81. The topological polar surface area (TPSA) is 21.3 Å². The molecule has 0 saturated carbocycles. The lowest BCUT2D eigenvalue weighted by Gasteiger charge is -2.13. The van der Waals surface area contributed by atoms with Gasteiger partial charge in [0.25, 0.3) is 0 Å². The highest BCUT2D eigenvalue weighted by Gasteiger charge is 2.05. The molecule has 112 valence electrons. The van der Waals surface area contributed by atoms with Crippen molar-refractivity contribution in [3.8, 4) is 5.75 Å². The zero-order valence-corrected chi connectivity index (χ0v) is 14.8. The van der Waals surface area contributed by atoms with Crippen LogP contribution in [-0.4, -0.2) is 12.9 Å². The van der Waals surface area contributed by atoms with Crippen LogP contribution >= 0.6 is 27.7 Å². The van der Waals surface area contributed by atoms with Crippen molar-refractivity contribution >= 4 is 33.4 Å². The molecule has 0 radical (unpaired) electrons. The minimum absolute atomic E-state index is 0.746. The third-order valence-electron chi connectivity index (χ3n) is 3.04. The molecule has 0 spiro atoms. The van der Waals surface area contributed by atoms with E-state index in [2.05, 4.69) is 64.8 Å². The van der Waals surface area contributed by atoms with Crippen LogP contribution in [-0.2, 0) is 6.54 Å². The Morgan fingerprint density at radius 3 is 2.81 bits per heavy atom. The lowest BCUT2D eigenvalue weighted by atomic mass is 10.2. The van der Waals surface area contributed by atoms with Crippen LogP contribution in [0.5, 0.6) is 5.75 Å². The van der Waals surface area contributed by atoms with E-state index in [-0.39, 0.29) is 0 Å². The molecule has 1 N–H and O–H groups in total. The number of nitrogens with one attached hydrogen (secondary N) is 1. The van der Waals surface area contributed by atoms with Crippen molar-refractivity contribution in [1.29, 1.82) is 0 Å². The minimum atomic E-state index is 0.746. The molecule has 2 aromatic rings. The van der Waals surface area contributed by atoms with Crippen molar-refractivity contribution in [2.75, 3.05) is 18.2 Å². The second kappa shape index (κ2) is 8.35. The van der Waals surface area contributed by atoms with E-state index in [1.54, 1.807) is 11.8 Å². The highest BCUT2D eigenvalue weighted by atomic mass is 79.9. The van der Waals surface area contributed by atoms with Crippen LogP contribution in [0.2, 0.25) is 0 Å². The summed E-state index contributed by atoms with van der Waals surface area (Å²) in [5.74, 6) is 0.952. The molecule has 0 atom stereocenters. The lowest BCUT2D eigenvalue weighted by molar-refractivity contribution is 0.314. The highest BCUT2D eigenvalue weighted by Crippen LogP contribution is 2.25. The molecule has 21 heavy (non-hydrogen) atoms. The molecule has 0 aromatic heterocycles. The second-order valence-corrected chi connectivity index (χ2v) is 6.48. The van der Waals surface area contributed by atoms with Gasteiger partial charge < -0.3 is 10.1 Å². The van der Waals surface area contributed by atoms with Crippen LogP contribution < -0.4 is 10.1 Å². The fourth-order valence-electron chi connectivity index (χ4n) is 1.97. The number of benzene rings is 2. The number of rotatable bonds is 7. The van der Waals surface area contributed by atoms with Gasteiger partial charge in [0.1, 0.15) is 5.75 Å². The molecule has 0 bridgehead atoms. The summed E-state index contributed by atoms with van der Waals surface area (Å²) in [5.41, 5.74) is 2.29. The van der Waals surface area contributed by atoms with Crippen molar-refractivity contribution in [2.24, 2.45) is 0 Å². The first-order chi connectivity index (χ1) is 10.2. The number of hydrogen-bond acceptors (Lipinski definition) is 3. The van der Waals surface area contributed by atoms with Gasteiger partial charge in [-0.3, -0.25) is 0 Å². The van der Waals surface area contributed by atoms with Crippen molar-refractivity contribution in [3.63, 3.8) is 0 Å². The molecule has 0 unspecified atom stereocenters. The Morgan fingerprint density at radius 2 is 2.05 bits per heavy atom. The largest absolute Gasteiger partial charge is 0.493 e. The van der Waals surface area contributed by atoms with Gasteiger partial charge in [-0.25, -0.2) is 0 Å². The van der Waals surface area contributed by atoms with Crippen LogP contribution in [0, 0.1) is 0 Å². The van der Waals surface area contributed by atoms with Gasteiger partial charge in [0.2, 0.25) is 0 Å². The van der Waals surface area contributed by atoms with Gasteiger partial charge in [-0.15, -0.1) is 11.8 Å². The van der Waals surface area contributed by atoms with Crippen LogP contribution in [0.1, 0.15) is 18.9 Å². The van der Waals surface area contributed by atoms with Crippen molar-refractivity contribution in [2.45, 2.75) is 24.8 Å². The quantitative estimate of drug-likeness (QED) is 0.647. The third-order valence-corrected chi connectivity index (χ3v) is 4.26. The molecule has 0 aliphatic heterocycles. The number of halogens is 1. The SMILES string of the molecule is CCCOc1ccc(Br)cc1CNc1cccc(SC)c1. The first-order valence-electron chi connectivity index (χ1n) is 7.02. The van der Waals surface area contributed by atoms with Gasteiger partial charge in [-0.2, -0.15) is 0 Å². The summed E-state index contributed by atoms with van der Waals surface area (Å²) in [7, 11) is 0. The zero-order valence-electron chi connectivity index (χ0n) is 12.4. The van der Waals surface area contributed by atoms with E-state index in [9.17, 15) is 0 Å². The highest BCUT2D eigenvalue weighted by molar-refractivity contribution is 9.10. The molecule has 0 aliphatic carbocycles. The van der Waals surface area contributed by atoms with Gasteiger partial charge in [0.15, 0.2) is 0 Å². The molecule has 2 rings (SSSR count). The Balaban J connectivity index is 2.09. The Morgan fingerprint density at radius 1 is 1.19 bits per heavy atom. The monoisotopic (exact) mass is 365 g/mol. The molecule has 0 heterocycles. The maximum Gasteiger partial charge on any atom is 0.124 e. The molecule has 2 nitrogen and oxygen atoms in total. The second-order valence-electron chi connectivity index (χ2n) is 4.69. The van der Waals surface area contributed by atoms with E-state index >= 15 is 0 Å². The number of hydrogen-bond donors (Lipinski definition) is 1. The van der Waals surface area contributed by atoms with Crippen molar-refractivity contribution < 1.29 is 4.74 Å². The smallest absolute Gasteiger partial charge is 0.124 e. The van der Waals surface area contributed by atoms with E-state index in [1.807, 2.05) is 12.1 Å². The third kappa shape index (κ3) is 4.97. The van der Waals surface area contributed by atoms with Gasteiger partial charge in [0, 0.05) is 27.2 Å². The fraction of sp³-hybridized carbons (Fsp3) is 0.294. The van der Waals surface area contributed by atoms with Crippen LogP contribution in [0.25, 0.3) is 0 Å². The van der Waals surface area contributed by atoms with E-state index < -0.39 is 0 Å². The normalized spacial score (nSPS) is 10.4. The molecular weight excluding hydrogens is 346 g/mol. The molecule has 4 heteroatoms. The van der Waals surface area contributed by atoms with Gasteiger partial charge in [0.05, 0.1) is 6.61 Å². The summed E-state index contributed by atoms with van der Waals surface area (Å²) in [6.45, 7) is 3.61. The van der Waals surface area contributed by atoms with Gasteiger partial charge >= 0.3 is 0 Å². The number of anilines is 1. The Kier molecular flexibility index (Phi) is 6.46. The van der Waals surface area contributed by atoms with Crippen LogP contribution in [0.4, 0.5) is 5.69 Å². The van der Waals surface area contributed by atoms with E-state index in [1.165, 1.54) is 4.90 Å². The average Bonchev–Trinajstić information content (AvgIpc) is 2.52. The molecule has 0 amide bonds.